The molecule has 3 aromatic rings. The summed E-state index contributed by atoms with van der Waals surface area (Å²) in [7, 11) is 1.83. The number of nitrogens with zero attached hydrogens (tertiary/aromatic N) is 4. The van der Waals surface area contributed by atoms with Crippen molar-refractivity contribution in [2.75, 3.05) is 5.75 Å². The number of thioether (sulfide) groups is 1. The average Bonchev–Trinajstić information content (AvgIpc) is 3.01. The van der Waals surface area contributed by atoms with Crippen molar-refractivity contribution in [1.29, 1.82) is 0 Å². The molecule has 7 nitrogen and oxygen atoms in total. The molecule has 0 saturated heterocycles. The summed E-state index contributed by atoms with van der Waals surface area (Å²) in [4.78, 5) is 11.9. The molecule has 0 spiro atoms. The Hall–Kier alpha value is -2.84. The Labute approximate surface area is 165 Å². The van der Waals surface area contributed by atoms with Crippen molar-refractivity contribution in [3.63, 3.8) is 0 Å². The maximum absolute atomic E-state index is 11.9. The summed E-state index contributed by atoms with van der Waals surface area (Å²) in [5, 5.41) is 22.8. The van der Waals surface area contributed by atoms with E-state index in [1.807, 2.05) is 25.2 Å². The fourth-order valence-corrected chi connectivity index (χ4v) is 3.16. The van der Waals surface area contributed by atoms with Gasteiger partial charge in [0.05, 0.1) is 12.0 Å². The molecule has 0 aliphatic heterocycles. The number of halogens is 1. The minimum absolute atomic E-state index is 0.138. The summed E-state index contributed by atoms with van der Waals surface area (Å²) < 4.78 is 1.81. The highest BCUT2D eigenvalue weighted by Crippen LogP contribution is 2.24. The van der Waals surface area contributed by atoms with Gasteiger partial charge in [-0.15, -0.1) is 10.2 Å². The smallest absolute Gasteiger partial charge is 0.250 e. The number of amides is 1. The van der Waals surface area contributed by atoms with E-state index < -0.39 is 0 Å². The van der Waals surface area contributed by atoms with Crippen LogP contribution in [0.1, 0.15) is 5.56 Å². The predicted molar refractivity (Wildman–Crippen MR) is 106 cm³/mol. The molecular weight excluding hydrogens is 386 g/mol. The van der Waals surface area contributed by atoms with Crippen LogP contribution >= 0.6 is 23.4 Å². The number of hydrogen-bond donors (Lipinski definition) is 2. The summed E-state index contributed by atoms with van der Waals surface area (Å²) in [6.07, 6.45) is 1.46. The zero-order chi connectivity index (χ0) is 19.2. The quantitative estimate of drug-likeness (QED) is 0.376. The fourth-order valence-electron chi connectivity index (χ4n) is 2.27. The maximum atomic E-state index is 11.9. The van der Waals surface area contributed by atoms with Crippen LogP contribution < -0.4 is 5.43 Å². The van der Waals surface area contributed by atoms with Crippen molar-refractivity contribution in [3.05, 3.63) is 59.1 Å². The van der Waals surface area contributed by atoms with Gasteiger partial charge in [0, 0.05) is 17.6 Å². The third kappa shape index (κ3) is 5.08. The summed E-state index contributed by atoms with van der Waals surface area (Å²) in [6, 6.07) is 13.9. The van der Waals surface area contributed by atoms with Gasteiger partial charge in [0.2, 0.25) is 0 Å². The molecule has 9 heteroatoms. The molecular formula is C18H16ClN5O2S. The van der Waals surface area contributed by atoms with E-state index in [0.717, 1.165) is 5.56 Å². The number of phenolic OH excluding ortho intramolecular Hbond substituents is 1. The van der Waals surface area contributed by atoms with Crippen LogP contribution in [0.5, 0.6) is 5.75 Å². The van der Waals surface area contributed by atoms with Crippen molar-refractivity contribution in [3.8, 4) is 17.1 Å². The van der Waals surface area contributed by atoms with Crippen molar-refractivity contribution in [1.82, 2.24) is 20.2 Å². The number of carbonyl (C=O) groups is 1. The molecule has 1 heterocycles. The number of nitrogens with one attached hydrogen (secondary N) is 1. The first-order valence-corrected chi connectivity index (χ1v) is 9.28. The number of aromatic hydroxyl groups is 1. The number of hydrazone groups is 1. The van der Waals surface area contributed by atoms with E-state index in [0.29, 0.717) is 21.6 Å². The number of benzene rings is 2. The molecule has 27 heavy (non-hydrogen) atoms. The van der Waals surface area contributed by atoms with Crippen LogP contribution in [-0.4, -0.2) is 37.7 Å². The average molecular weight is 402 g/mol. The van der Waals surface area contributed by atoms with Crippen LogP contribution in [0.4, 0.5) is 0 Å². The zero-order valence-electron chi connectivity index (χ0n) is 14.3. The van der Waals surface area contributed by atoms with E-state index >= 15 is 0 Å². The first kappa shape index (κ1) is 18.9. The predicted octanol–water partition coefficient (Wildman–Crippen LogP) is 3.08. The third-order valence-corrected chi connectivity index (χ3v) is 4.78. The van der Waals surface area contributed by atoms with Crippen LogP contribution in [0.25, 0.3) is 11.4 Å². The Morgan fingerprint density at radius 1 is 1.30 bits per heavy atom. The molecule has 138 valence electrons. The molecule has 0 aliphatic carbocycles. The molecule has 0 saturated carbocycles. The topological polar surface area (TPSA) is 92.4 Å². The van der Waals surface area contributed by atoms with Crippen molar-refractivity contribution < 1.29 is 9.90 Å². The molecule has 0 aliphatic rings. The largest absolute Gasteiger partial charge is 0.508 e. The van der Waals surface area contributed by atoms with E-state index in [1.165, 1.54) is 18.0 Å². The van der Waals surface area contributed by atoms with E-state index in [4.69, 9.17) is 11.6 Å². The van der Waals surface area contributed by atoms with Crippen LogP contribution in [0.15, 0.2) is 58.8 Å². The lowest BCUT2D eigenvalue weighted by atomic mass is 10.2. The minimum Gasteiger partial charge on any atom is -0.508 e. The third-order valence-electron chi connectivity index (χ3n) is 3.52. The van der Waals surface area contributed by atoms with E-state index in [1.54, 1.807) is 34.9 Å². The Bertz CT molecular complexity index is 989. The van der Waals surface area contributed by atoms with Gasteiger partial charge in [0.1, 0.15) is 5.75 Å². The Morgan fingerprint density at radius 3 is 2.89 bits per heavy atom. The lowest BCUT2D eigenvalue weighted by molar-refractivity contribution is -0.118. The molecule has 1 amide bonds. The summed E-state index contributed by atoms with van der Waals surface area (Å²) >= 11 is 7.27. The summed E-state index contributed by atoms with van der Waals surface area (Å²) in [5.74, 6) is 0.670. The van der Waals surface area contributed by atoms with Crippen LogP contribution in [0.3, 0.4) is 0 Å². The molecule has 2 aromatic carbocycles. The molecule has 0 radical (unpaired) electrons. The molecule has 0 bridgehead atoms. The zero-order valence-corrected chi connectivity index (χ0v) is 15.9. The van der Waals surface area contributed by atoms with Gasteiger partial charge < -0.3 is 9.67 Å². The molecule has 0 fully saturated rings. The standard InChI is InChI=1S/C18H16ClN5O2S/c1-24-17(13-5-3-6-14(19)9-13)22-23-18(24)27-11-16(26)21-20-10-12-4-2-7-15(25)8-12/h2-10,25H,11H2,1H3,(H,21,26). The van der Waals surface area contributed by atoms with Crippen LogP contribution in [0.2, 0.25) is 5.02 Å². The summed E-state index contributed by atoms with van der Waals surface area (Å²) in [6.45, 7) is 0. The molecule has 0 unspecified atom stereocenters. The van der Waals surface area contributed by atoms with E-state index in [2.05, 4.69) is 20.7 Å². The second-order valence-electron chi connectivity index (χ2n) is 5.55. The normalized spacial score (nSPS) is 11.0. The van der Waals surface area contributed by atoms with Gasteiger partial charge >= 0.3 is 0 Å². The number of phenols is 1. The second kappa shape index (κ2) is 8.70. The molecule has 3 rings (SSSR count). The number of aromatic nitrogens is 3. The lowest BCUT2D eigenvalue weighted by Gasteiger charge is -2.04. The van der Waals surface area contributed by atoms with Gasteiger partial charge in [-0.2, -0.15) is 5.10 Å². The maximum Gasteiger partial charge on any atom is 0.250 e. The van der Waals surface area contributed by atoms with Gasteiger partial charge in [0.15, 0.2) is 11.0 Å². The summed E-state index contributed by atoms with van der Waals surface area (Å²) in [5.41, 5.74) is 3.97. The second-order valence-corrected chi connectivity index (χ2v) is 6.93. The SMILES string of the molecule is Cn1c(SCC(=O)NN=Cc2cccc(O)c2)nnc1-c1cccc(Cl)c1. The number of carbonyl (C=O) groups excluding carboxylic acids is 1. The van der Waals surface area contributed by atoms with Gasteiger partial charge in [-0.3, -0.25) is 4.79 Å². The monoisotopic (exact) mass is 401 g/mol. The van der Waals surface area contributed by atoms with Gasteiger partial charge in [0.25, 0.3) is 5.91 Å². The first-order chi connectivity index (χ1) is 13.0. The van der Waals surface area contributed by atoms with Gasteiger partial charge in [-0.25, -0.2) is 5.43 Å². The molecule has 2 N–H and O–H groups in total. The van der Waals surface area contributed by atoms with Crippen LogP contribution in [0, 0.1) is 0 Å². The Morgan fingerprint density at radius 2 is 2.11 bits per heavy atom. The molecule has 0 atom stereocenters. The van der Waals surface area contributed by atoms with Gasteiger partial charge in [-0.05, 0) is 29.8 Å². The first-order valence-electron chi connectivity index (χ1n) is 7.92. The number of rotatable bonds is 6. The lowest BCUT2D eigenvalue weighted by Crippen LogP contribution is -2.19. The Balaban J connectivity index is 1.56. The van der Waals surface area contributed by atoms with Crippen molar-refractivity contribution >= 4 is 35.5 Å². The highest BCUT2D eigenvalue weighted by Gasteiger charge is 2.13. The minimum atomic E-state index is -0.274. The van der Waals surface area contributed by atoms with Gasteiger partial charge in [-0.1, -0.05) is 47.6 Å². The molecule has 1 aromatic heterocycles. The van der Waals surface area contributed by atoms with Crippen molar-refractivity contribution in [2.24, 2.45) is 12.1 Å². The highest BCUT2D eigenvalue weighted by atomic mass is 35.5. The van der Waals surface area contributed by atoms with E-state index in [-0.39, 0.29) is 17.4 Å². The fraction of sp³-hybridized carbons (Fsp3) is 0.111. The highest BCUT2D eigenvalue weighted by molar-refractivity contribution is 7.99. The Kier molecular flexibility index (Phi) is 6.10. The number of hydrogen-bond acceptors (Lipinski definition) is 6. The van der Waals surface area contributed by atoms with Crippen molar-refractivity contribution in [2.45, 2.75) is 5.16 Å². The van der Waals surface area contributed by atoms with Crippen LogP contribution in [-0.2, 0) is 11.8 Å². The van der Waals surface area contributed by atoms with E-state index in [9.17, 15) is 9.90 Å².